The third kappa shape index (κ3) is 2.21. The van der Waals surface area contributed by atoms with Gasteiger partial charge < -0.3 is 9.88 Å². The number of H-pyrrole nitrogens is 1. The summed E-state index contributed by atoms with van der Waals surface area (Å²) in [5.41, 5.74) is 3.11. The Morgan fingerprint density at radius 3 is 3.10 bits per heavy atom. The molecule has 108 valence electrons. The average molecular weight is 347 g/mol. The van der Waals surface area contributed by atoms with Gasteiger partial charge in [0.05, 0.1) is 22.2 Å². The number of aromatic amines is 1. The van der Waals surface area contributed by atoms with E-state index >= 15 is 0 Å². The summed E-state index contributed by atoms with van der Waals surface area (Å²) < 4.78 is 3.05. The van der Waals surface area contributed by atoms with Crippen molar-refractivity contribution in [2.45, 2.75) is 19.4 Å². The maximum atomic E-state index is 4.48. The quantitative estimate of drug-likeness (QED) is 0.774. The molecule has 4 heterocycles. The molecular formula is C14H15BrN6. The Kier molecular flexibility index (Phi) is 2.95. The van der Waals surface area contributed by atoms with Crippen LogP contribution >= 0.6 is 15.9 Å². The number of fused-ring (bicyclic) bond motifs is 1. The molecule has 1 saturated heterocycles. The first-order chi connectivity index (χ1) is 10.2. The Morgan fingerprint density at radius 1 is 1.38 bits per heavy atom. The van der Waals surface area contributed by atoms with Gasteiger partial charge in [-0.15, -0.1) is 0 Å². The van der Waals surface area contributed by atoms with Crippen molar-refractivity contribution in [1.29, 1.82) is 0 Å². The van der Waals surface area contributed by atoms with Crippen LogP contribution in [0.5, 0.6) is 0 Å². The van der Waals surface area contributed by atoms with E-state index in [4.69, 9.17) is 0 Å². The smallest absolute Gasteiger partial charge is 0.156 e. The van der Waals surface area contributed by atoms with Crippen LogP contribution in [-0.4, -0.2) is 37.8 Å². The van der Waals surface area contributed by atoms with Gasteiger partial charge in [0.1, 0.15) is 11.8 Å². The minimum absolute atomic E-state index is 0.386. The highest BCUT2D eigenvalue weighted by Gasteiger charge is 2.27. The first-order valence-electron chi connectivity index (χ1n) is 6.95. The van der Waals surface area contributed by atoms with Crippen LogP contribution < -0.4 is 4.90 Å². The minimum Gasteiger partial charge on any atom is -0.354 e. The molecule has 7 heteroatoms. The van der Waals surface area contributed by atoms with Gasteiger partial charge in [0.25, 0.3) is 0 Å². The lowest BCUT2D eigenvalue weighted by Crippen LogP contribution is -2.22. The fourth-order valence-electron chi connectivity index (χ4n) is 2.96. The normalized spacial score (nSPS) is 18.8. The number of hydrogen-bond acceptors (Lipinski definition) is 4. The van der Waals surface area contributed by atoms with Crippen LogP contribution in [0.15, 0.2) is 29.3 Å². The summed E-state index contributed by atoms with van der Waals surface area (Å²) in [7, 11) is 0. The van der Waals surface area contributed by atoms with E-state index in [-0.39, 0.29) is 0 Å². The van der Waals surface area contributed by atoms with Crippen LogP contribution in [0.1, 0.15) is 18.2 Å². The predicted molar refractivity (Wildman–Crippen MR) is 84.4 cm³/mol. The van der Waals surface area contributed by atoms with Crippen LogP contribution in [0, 0.1) is 6.92 Å². The molecule has 6 nitrogen and oxygen atoms in total. The van der Waals surface area contributed by atoms with E-state index in [1.165, 1.54) is 0 Å². The Labute approximate surface area is 130 Å². The van der Waals surface area contributed by atoms with Gasteiger partial charge in [-0.25, -0.2) is 9.97 Å². The predicted octanol–water partition coefficient (Wildman–Crippen LogP) is 2.68. The number of halogens is 1. The molecule has 0 saturated carbocycles. The largest absolute Gasteiger partial charge is 0.354 e. The fraction of sp³-hybridized carbons (Fsp3) is 0.357. The molecule has 1 unspecified atom stereocenters. The van der Waals surface area contributed by atoms with Crippen molar-refractivity contribution in [3.05, 3.63) is 35.0 Å². The molecule has 0 aliphatic carbocycles. The minimum atomic E-state index is 0.386. The van der Waals surface area contributed by atoms with E-state index in [2.05, 4.69) is 46.9 Å². The van der Waals surface area contributed by atoms with Crippen LogP contribution in [0.25, 0.3) is 11.0 Å². The zero-order valence-corrected chi connectivity index (χ0v) is 13.2. The number of nitrogens with zero attached hydrogens (tertiary/aromatic N) is 5. The Hall–Kier alpha value is -1.89. The van der Waals surface area contributed by atoms with Crippen molar-refractivity contribution in [3.63, 3.8) is 0 Å². The number of aromatic nitrogens is 5. The zero-order valence-electron chi connectivity index (χ0n) is 11.6. The van der Waals surface area contributed by atoms with Crippen LogP contribution in [0.2, 0.25) is 0 Å². The molecule has 21 heavy (non-hydrogen) atoms. The number of nitrogens with one attached hydrogen (secondary N) is 1. The summed E-state index contributed by atoms with van der Waals surface area (Å²) in [5.74, 6) is 0.988. The van der Waals surface area contributed by atoms with Gasteiger partial charge in [-0.05, 0) is 35.3 Å². The molecule has 1 aliphatic rings. The van der Waals surface area contributed by atoms with Gasteiger partial charge >= 0.3 is 0 Å². The van der Waals surface area contributed by atoms with E-state index in [1.54, 1.807) is 6.33 Å². The second-order valence-electron chi connectivity index (χ2n) is 5.44. The molecule has 1 fully saturated rings. The summed E-state index contributed by atoms with van der Waals surface area (Å²) in [6.45, 7) is 3.93. The maximum Gasteiger partial charge on any atom is 0.156 e. The summed E-state index contributed by atoms with van der Waals surface area (Å²) >= 11 is 3.45. The Morgan fingerprint density at radius 2 is 2.29 bits per heavy atom. The third-order valence-corrected chi connectivity index (χ3v) is 4.35. The molecule has 0 radical (unpaired) electrons. The van der Waals surface area contributed by atoms with E-state index in [0.717, 1.165) is 46.5 Å². The van der Waals surface area contributed by atoms with Crippen molar-refractivity contribution in [2.24, 2.45) is 0 Å². The summed E-state index contributed by atoms with van der Waals surface area (Å²) in [6, 6.07) is 2.44. The second-order valence-corrected chi connectivity index (χ2v) is 6.35. The number of anilines is 1. The summed E-state index contributed by atoms with van der Waals surface area (Å²) in [6.07, 6.45) is 6.57. The molecule has 0 amide bonds. The van der Waals surface area contributed by atoms with E-state index in [9.17, 15) is 0 Å². The van der Waals surface area contributed by atoms with Crippen molar-refractivity contribution in [2.75, 3.05) is 18.0 Å². The molecule has 1 N–H and O–H groups in total. The Balaban J connectivity index is 1.65. The molecule has 0 spiro atoms. The van der Waals surface area contributed by atoms with Gasteiger partial charge in [-0.1, -0.05) is 0 Å². The lowest BCUT2D eigenvalue weighted by Gasteiger charge is -2.18. The first kappa shape index (κ1) is 12.8. The lowest BCUT2D eigenvalue weighted by atomic mass is 10.3. The van der Waals surface area contributed by atoms with Gasteiger partial charge in [-0.2, -0.15) is 5.10 Å². The SMILES string of the molecule is Cc1cc2ncnc(N3CCC(n4cc(Br)cn4)C3)c2[nH]1. The maximum absolute atomic E-state index is 4.48. The van der Waals surface area contributed by atoms with E-state index < -0.39 is 0 Å². The fourth-order valence-corrected chi connectivity index (χ4v) is 3.26. The molecule has 1 aliphatic heterocycles. The van der Waals surface area contributed by atoms with Gasteiger partial charge in [0.15, 0.2) is 5.82 Å². The third-order valence-electron chi connectivity index (χ3n) is 3.94. The summed E-state index contributed by atoms with van der Waals surface area (Å²) in [4.78, 5) is 14.5. The van der Waals surface area contributed by atoms with Crippen molar-refractivity contribution >= 4 is 32.8 Å². The van der Waals surface area contributed by atoms with Crippen molar-refractivity contribution in [3.8, 4) is 0 Å². The number of rotatable bonds is 2. The topological polar surface area (TPSA) is 62.6 Å². The van der Waals surface area contributed by atoms with Crippen molar-refractivity contribution < 1.29 is 0 Å². The molecule has 4 rings (SSSR count). The standard InChI is InChI=1S/C14H15BrN6/c1-9-4-12-13(19-9)14(17-8-16-12)20-3-2-11(7-20)21-6-10(15)5-18-21/h4-6,8,11,19H,2-3,7H2,1H3. The van der Waals surface area contributed by atoms with Crippen LogP contribution in [-0.2, 0) is 0 Å². The molecule has 3 aromatic heterocycles. The Bertz CT molecular complexity index is 792. The van der Waals surface area contributed by atoms with Gasteiger partial charge in [0.2, 0.25) is 0 Å². The van der Waals surface area contributed by atoms with E-state index in [0.29, 0.717) is 6.04 Å². The van der Waals surface area contributed by atoms with E-state index in [1.807, 2.05) is 24.0 Å². The number of aryl methyl sites for hydroxylation is 1. The molecule has 1 atom stereocenters. The zero-order chi connectivity index (χ0) is 14.4. The molecule has 3 aromatic rings. The number of hydrogen-bond donors (Lipinski definition) is 1. The first-order valence-corrected chi connectivity index (χ1v) is 7.75. The molecule has 0 aromatic carbocycles. The van der Waals surface area contributed by atoms with Crippen molar-refractivity contribution in [1.82, 2.24) is 24.7 Å². The monoisotopic (exact) mass is 346 g/mol. The molecule has 0 bridgehead atoms. The lowest BCUT2D eigenvalue weighted by molar-refractivity contribution is 0.494. The highest BCUT2D eigenvalue weighted by molar-refractivity contribution is 9.10. The average Bonchev–Trinajstić information content (AvgIpc) is 3.15. The van der Waals surface area contributed by atoms with Gasteiger partial charge in [-0.3, -0.25) is 4.68 Å². The highest BCUT2D eigenvalue weighted by atomic mass is 79.9. The highest BCUT2D eigenvalue weighted by Crippen LogP contribution is 2.30. The van der Waals surface area contributed by atoms with Crippen LogP contribution in [0.4, 0.5) is 5.82 Å². The van der Waals surface area contributed by atoms with Gasteiger partial charge in [0, 0.05) is 25.0 Å². The molecular weight excluding hydrogens is 332 g/mol. The van der Waals surface area contributed by atoms with Crippen LogP contribution in [0.3, 0.4) is 0 Å². The summed E-state index contributed by atoms with van der Waals surface area (Å²) in [5, 5.41) is 4.39. The second kappa shape index (κ2) is 4.84.